The molecule has 21 heavy (non-hydrogen) atoms. The summed E-state index contributed by atoms with van der Waals surface area (Å²) in [6.07, 6.45) is 3.74. The minimum atomic E-state index is -3.23. The Balaban J connectivity index is 2.04. The number of rotatable bonds is 4. The van der Waals surface area contributed by atoms with Crippen molar-refractivity contribution >= 4 is 15.7 Å². The molecule has 1 aromatic carbocycles. The number of aromatic hydroxyl groups is 1. The van der Waals surface area contributed by atoms with Gasteiger partial charge in [0.15, 0.2) is 9.84 Å². The van der Waals surface area contributed by atoms with Crippen LogP contribution in [0.3, 0.4) is 0 Å². The summed E-state index contributed by atoms with van der Waals surface area (Å²) in [5.74, 6) is -0.621. The summed E-state index contributed by atoms with van der Waals surface area (Å²) in [7, 11) is -3.23. The topological polar surface area (TPSA) is 96.4 Å². The molecular formula is C14H14N2O4S. The van der Waals surface area contributed by atoms with Crippen LogP contribution in [0.25, 0.3) is 0 Å². The van der Waals surface area contributed by atoms with Crippen LogP contribution in [0.1, 0.15) is 15.9 Å². The van der Waals surface area contributed by atoms with Gasteiger partial charge in [-0.1, -0.05) is 12.1 Å². The van der Waals surface area contributed by atoms with Crippen molar-refractivity contribution in [3.8, 4) is 5.75 Å². The van der Waals surface area contributed by atoms with Crippen LogP contribution in [0, 0.1) is 0 Å². The van der Waals surface area contributed by atoms with Crippen LogP contribution in [0.15, 0.2) is 47.6 Å². The van der Waals surface area contributed by atoms with E-state index in [0.717, 1.165) is 11.8 Å². The van der Waals surface area contributed by atoms with Crippen molar-refractivity contribution in [1.82, 2.24) is 10.3 Å². The fraction of sp³-hybridized carbons (Fsp3) is 0.143. The zero-order valence-corrected chi connectivity index (χ0v) is 12.1. The van der Waals surface area contributed by atoms with Gasteiger partial charge in [-0.2, -0.15) is 0 Å². The lowest BCUT2D eigenvalue weighted by Crippen LogP contribution is -2.22. The van der Waals surface area contributed by atoms with Crippen LogP contribution in [0.2, 0.25) is 0 Å². The summed E-state index contributed by atoms with van der Waals surface area (Å²) in [5, 5.41) is 12.2. The molecule has 0 spiro atoms. The Hall–Kier alpha value is -2.41. The number of amides is 1. The maximum Gasteiger partial charge on any atom is 0.255 e. The molecule has 0 radical (unpaired) electrons. The summed E-state index contributed by atoms with van der Waals surface area (Å²) < 4.78 is 22.7. The Morgan fingerprint density at radius 3 is 2.48 bits per heavy atom. The van der Waals surface area contributed by atoms with E-state index in [9.17, 15) is 18.3 Å². The van der Waals surface area contributed by atoms with Gasteiger partial charge in [0.2, 0.25) is 0 Å². The fourth-order valence-electron chi connectivity index (χ4n) is 1.71. The third-order valence-corrected chi connectivity index (χ3v) is 3.98. The first kappa shape index (κ1) is 15.0. The lowest BCUT2D eigenvalue weighted by molar-refractivity contribution is 0.0948. The van der Waals surface area contributed by atoms with Crippen molar-refractivity contribution < 1.29 is 18.3 Å². The summed E-state index contributed by atoms with van der Waals surface area (Å²) >= 11 is 0. The molecule has 6 nitrogen and oxygen atoms in total. The van der Waals surface area contributed by atoms with Crippen LogP contribution in [-0.2, 0) is 16.4 Å². The monoisotopic (exact) mass is 306 g/mol. The number of hydrogen-bond donors (Lipinski definition) is 2. The van der Waals surface area contributed by atoms with Gasteiger partial charge in [-0.3, -0.25) is 9.78 Å². The van der Waals surface area contributed by atoms with E-state index in [2.05, 4.69) is 10.3 Å². The van der Waals surface area contributed by atoms with E-state index in [1.807, 2.05) is 0 Å². The Morgan fingerprint density at radius 2 is 1.90 bits per heavy atom. The predicted octanol–water partition coefficient (Wildman–Crippen LogP) is 1.12. The Kier molecular flexibility index (Phi) is 4.23. The van der Waals surface area contributed by atoms with Crippen molar-refractivity contribution in [3.63, 3.8) is 0 Å². The molecule has 0 saturated heterocycles. The summed E-state index contributed by atoms with van der Waals surface area (Å²) in [6.45, 7) is 0.227. The van der Waals surface area contributed by atoms with Crippen LogP contribution >= 0.6 is 0 Å². The third kappa shape index (κ3) is 3.79. The summed E-state index contributed by atoms with van der Waals surface area (Å²) in [5.41, 5.74) is 0.891. The maximum absolute atomic E-state index is 11.9. The lowest BCUT2D eigenvalue weighted by Gasteiger charge is -2.07. The second kappa shape index (κ2) is 5.92. The molecule has 110 valence electrons. The van der Waals surface area contributed by atoms with Gasteiger partial charge in [0.25, 0.3) is 5.91 Å². The van der Waals surface area contributed by atoms with Gasteiger partial charge >= 0.3 is 0 Å². The number of carbonyl (C=O) groups is 1. The minimum Gasteiger partial charge on any atom is -0.505 e. The van der Waals surface area contributed by atoms with Crippen LogP contribution in [-0.4, -0.2) is 30.7 Å². The zero-order chi connectivity index (χ0) is 15.5. The third-order valence-electron chi connectivity index (χ3n) is 2.85. The van der Waals surface area contributed by atoms with Crippen molar-refractivity contribution in [2.75, 3.05) is 6.26 Å². The van der Waals surface area contributed by atoms with Crippen molar-refractivity contribution in [3.05, 3.63) is 53.9 Å². The van der Waals surface area contributed by atoms with E-state index in [1.165, 1.54) is 30.6 Å². The number of carbonyl (C=O) groups excluding carboxylic acids is 1. The molecule has 0 atom stereocenters. The smallest absolute Gasteiger partial charge is 0.255 e. The molecule has 2 N–H and O–H groups in total. The summed E-state index contributed by atoms with van der Waals surface area (Å²) in [6, 6.07) is 7.64. The first-order chi connectivity index (χ1) is 9.88. The van der Waals surface area contributed by atoms with Crippen molar-refractivity contribution in [1.29, 1.82) is 0 Å². The van der Waals surface area contributed by atoms with Gasteiger partial charge in [0.1, 0.15) is 5.75 Å². The highest BCUT2D eigenvalue weighted by molar-refractivity contribution is 7.90. The van der Waals surface area contributed by atoms with Crippen molar-refractivity contribution in [2.24, 2.45) is 0 Å². The molecule has 0 aliphatic heterocycles. The highest BCUT2D eigenvalue weighted by atomic mass is 32.2. The van der Waals surface area contributed by atoms with E-state index >= 15 is 0 Å². The predicted molar refractivity (Wildman–Crippen MR) is 76.6 cm³/mol. The normalized spacial score (nSPS) is 11.1. The molecule has 1 amide bonds. The average Bonchev–Trinajstić information content (AvgIpc) is 2.45. The number of nitrogens with one attached hydrogen (secondary N) is 1. The molecule has 7 heteroatoms. The fourth-order valence-corrected chi connectivity index (χ4v) is 2.34. The molecule has 2 aromatic rings. The van der Waals surface area contributed by atoms with E-state index in [1.54, 1.807) is 12.1 Å². The molecule has 1 aromatic heterocycles. The number of nitrogens with zero attached hydrogens (tertiary/aromatic N) is 1. The van der Waals surface area contributed by atoms with Gasteiger partial charge in [0, 0.05) is 19.0 Å². The highest BCUT2D eigenvalue weighted by Gasteiger charge is 2.10. The molecule has 0 fully saturated rings. The van der Waals surface area contributed by atoms with Gasteiger partial charge in [0.05, 0.1) is 16.7 Å². The van der Waals surface area contributed by atoms with Gasteiger partial charge in [-0.25, -0.2) is 8.42 Å². The molecule has 0 bridgehead atoms. The van der Waals surface area contributed by atoms with E-state index < -0.39 is 15.7 Å². The van der Waals surface area contributed by atoms with E-state index in [4.69, 9.17) is 0 Å². The van der Waals surface area contributed by atoms with Crippen LogP contribution in [0.5, 0.6) is 5.75 Å². The number of hydrogen-bond acceptors (Lipinski definition) is 5. The SMILES string of the molecule is CS(=O)(=O)c1ccc(CNC(=O)c2ccncc2O)cc1. The van der Waals surface area contributed by atoms with E-state index in [-0.39, 0.29) is 22.8 Å². The van der Waals surface area contributed by atoms with Crippen molar-refractivity contribution in [2.45, 2.75) is 11.4 Å². The molecular weight excluding hydrogens is 292 g/mol. The molecule has 0 saturated carbocycles. The maximum atomic E-state index is 11.9. The van der Waals surface area contributed by atoms with Gasteiger partial charge in [-0.15, -0.1) is 0 Å². The number of benzene rings is 1. The molecule has 0 aliphatic rings. The second-order valence-corrected chi connectivity index (χ2v) is 6.51. The first-order valence-electron chi connectivity index (χ1n) is 6.08. The van der Waals surface area contributed by atoms with Gasteiger partial charge < -0.3 is 10.4 Å². The molecule has 0 unspecified atom stereocenters. The van der Waals surface area contributed by atoms with Crippen LogP contribution < -0.4 is 5.32 Å². The Bertz CT molecular complexity index is 755. The van der Waals surface area contributed by atoms with Crippen LogP contribution in [0.4, 0.5) is 0 Å². The largest absolute Gasteiger partial charge is 0.505 e. The molecule has 1 heterocycles. The number of aromatic nitrogens is 1. The number of sulfone groups is 1. The minimum absolute atomic E-state index is 0.137. The quantitative estimate of drug-likeness (QED) is 0.882. The highest BCUT2D eigenvalue weighted by Crippen LogP contribution is 2.14. The van der Waals surface area contributed by atoms with E-state index in [0.29, 0.717) is 0 Å². The Morgan fingerprint density at radius 1 is 1.24 bits per heavy atom. The summed E-state index contributed by atoms with van der Waals surface area (Å²) in [4.78, 5) is 15.8. The standard InChI is InChI=1S/C14H14N2O4S/c1-21(19,20)11-4-2-10(3-5-11)8-16-14(18)12-6-7-15-9-13(12)17/h2-7,9,17H,8H2,1H3,(H,16,18). The average molecular weight is 306 g/mol. The molecule has 2 rings (SSSR count). The number of pyridine rings is 1. The second-order valence-electron chi connectivity index (χ2n) is 4.49. The first-order valence-corrected chi connectivity index (χ1v) is 7.97. The van der Waals surface area contributed by atoms with Gasteiger partial charge in [-0.05, 0) is 23.8 Å². The zero-order valence-electron chi connectivity index (χ0n) is 11.3. The molecule has 0 aliphatic carbocycles. The lowest BCUT2D eigenvalue weighted by atomic mass is 10.2. The Labute approximate surface area is 122 Å².